The average molecular weight is 386 g/mol. The molecule has 1 amide bonds. The maximum atomic E-state index is 12.5. The molecule has 1 aliphatic rings. The topological polar surface area (TPSA) is 60.8 Å². The number of ether oxygens (including phenoxy) is 2. The lowest BCUT2D eigenvalue weighted by Crippen LogP contribution is -2.41. The van der Waals surface area contributed by atoms with E-state index in [1.165, 1.54) is 7.11 Å². The number of aromatic nitrogens is 1. The van der Waals surface area contributed by atoms with E-state index < -0.39 is 0 Å². The second-order valence-corrected chi connectivity index (χ2v) is 7.94. The Kier molecular flexibility index (Phi) is 6.60. The number of fused-ring (bicyclic) bond motifs is 1. The van der Waals surface area contributed by atoms with Crippen molar-refractivity contribution in [3.63, 3.8) is 0 Å². The first kappa shape index (κ1) is 20.2. The fraction of sp³-hybridized carbons (Fsp3) is 0.545. The number of benzene rings is 1. The van der Waals surface area contributed by atoms with E-state index in [1.54, 1.807) is 0 Å². The van der Waals surface area contributed by atoms with Crippen molar-refractivity contribution in [1.29, 1.82) is 0 Å². The fourth-order valence-electron chi connectivity index (χ4n) is 3.81. The molecule has 0 unspecified atom stereocenters. The fourth-order valence-corrected chi connectivity index (χ4v) is 3.81. The third-order valence-electron chi connectivity index (χ3n) is 5.34. The maximum absolute atomic E-state index is 12.5. The van der Waals surface area contributed by atoms with Crippen LogP contribution in [0.2, 0.25) is 0 Å². The van der Waals surface area contributed by atoms with Crippen molar-refractivity contribution in [2.75, 3.05) is 26.8 Å². The van der Waals surface area contributed by atoms with E-state index in [2.05, 4.69) is 36.7 Å². The van der Waals surface area contributed by atoms with Crippen LogP contribution in [0, 0.1) is 11.8 Å². The maximum Gasteiger partial charge on any atom is 0.305 e. The van der Waals surface area contributed by atoms with Gasteiger partial charge in [-0.2, -0.15) is 0 Å². The molecule has 28 heavy (non-hydrogen) atoms. The summed E-state index contributed by atoms with van der Waals surface area (Å²) >= 11 is 0. The van der Waals surface area contributed by atoms with Crippen LogP contribution in [0.5, 0.6) is 5.75 Å². The molecular weight excluding hydrogens is 356 g/mol. The summed E-state index contributed by atoms with van der Waals surface area (Å²) in [5.74, 6) is 1.42. The van der Waals surface area contributed by atoms with E-state index in [9.17, 15) is 9.59 Å². The first-order valence-corrected chi connectivity index (χ1v) is 10.0. The molecule has 0 spiro atoms. The average Bonchev–Trinajstić information content (AvgIpc) is 3.09. The van der Waals surface area contributed by atoms with Crippen LogP contribution >= 0.6 is 0 Å². The molecule has 6 heteroatoms. The Labute approximate surface area is 166 Å². The Morgan fingerprint density at radius 3 is 2.61 bits per heavy atom. The van der Waals surface area contributed by atoms with Crippen molar-refractivity contribution in [1.82, 2.24) is 9.47 Å². The number of methoxy groups -OCH3 is 1. The normalized spacial score (nSPS) is 15.2. The lowest BCUT2D eigenvalue weighted by molar-refractivity contribution is -0.142. The third-order valence-corrected chi connectivity index (χ3v) is 5.34. The Balaban J connectivity index is 1.55. The molecule has 1 saturated heterocycles. The lowest BCUT2D eigenvalue weighted by atomic mass is 9.93. The SMILES string of the molecule is COC(=O)CC1CCN(C(=O)COc2cccc3c2ccn3CC(C)C)CC1. The molecule has 1 fully saturated rings. The van der Waals surface area contributed by atoms with Gasteiger partial charge in [0.05, 0.1) is 12.6 Å². The van der Waals surface area contributed by atoms with Gasteiger partial charge in [0.15, 0.2) is 6.61 Å². The van der Waals surface area contributed by atoms with Gasteiger partial charge in [-0.25, -0.2) is 0 Å². The Morgan fingerprint density at radius 1 is 1.18 bits per heavy atom. The zero-order valence-electron chi connectivity index (χ0n) is 17.0. The summed E-state index contributed by atoms with van der Waals surface area (Å²) in [5.41, 5.74) is 1.13. The monoisotopic (exact) mass is 386 g/mol. The van der Waals surface area contributed by atoms with Crippen LogP contribution in [0.4, 0.5) is 0 Å². The number of carbonyl (C=O) groups excluding carboxylic acids is 2. The minimum Gasteiger partial charge on any atom is -0.483 e. The summed E-state index contributed by atoms with van der Waals surface area (Å²) in [5, 5.41) is 1.03. The van der Waals surface area contributed by atoms with Gasteiger partial charge < -0.3 is 18.9 Å². The summed E-state index contributed by atoms with van der Waals surface area (Å²) in [4.78, 5) is 25.8. The molecular formula is C22H30N2O4. The number of hydrogen-bond acceptors (Lipinski definition) is 4. The van der Waals surface area contributed by atoms with Crippen LogP contribution in [0.25, 0.3) is 10.9 Å². The highest BCUT2D eigenvalue weighted by Crippen LogP contribution is 2.27. The Bertz CT molecular complexity index is 819. The van der Waals surface area contributed by atoms with E-state index in [-0.39, 0.29) is 18.5 Å². The van der Waals surface area contributed by atoms with E-state index in [4.69, 9.17) is 9.47 Å². The molecule has 3 rings (SSSR count). The molecule has 1 aliphatic heterocycles. The number of rotatable bonds is 7. The number of carbonyl (C=O) groups is 2. The molecule has 1 aromatic heterocycles. The minimum absolute atomic E-state index is 0.00451. The van der Waals surface area contributed by atoms with Crippen molar-refractivity contribution in [3.05, 3.63) is 30.5 Å². The highest BCUT2D eigenvalue weighted by atomic mass is 16.5. The summed E-state index contributed by atoms with van der Waals surface area (Å²) in [7, 11) is 1.41. The highest BCUT2D eigenvalue weighted by molar-refractivity contribution is 5.87. The van der Waals surface area contributed by atoms with Gasteiger partial charge in [-0.15, -0.1) is 0 Å². The van der Waals surface area contributed by atoms with E-state index in [0.29, 0.717) is 31.3 Å². The molecule has 0 N–H and O–H groups in total. The summed E-state index contributed by atoms with van der Waals surface area (Å²) in [6.45, 7) is 6.71. The number of nitrogens with zero attached hydrogens (tertiary/aromatic N) is 2. The number of likely N-dealkylation sites (tertiary alicyclic amines) is 1. The van der Waals surface area contributed by atoms with Crippen molar-refractivity contribution >= 4 is 22.8 Å². The van der Waals surface area contributed by atoms with Crippen molar-refractivity contribution in [3.8, 4) is 5.75 Å². The van der Waals surface area contributed by atoms with Gasteiger partial charge in [-0.3, -0.25) is 9.59 Å². The van der Waals surface area contributed by atoms with Crippen molar-refractivity contribution in [2.45, 2.75) is 39.7 Å². The second-order valence-electron chi connectivity index (χ2n) is 7.94. The Hall–Kier alpha value is -2.50. The van der Waals surface area contributed by atoms with Crippen molar-refractivity contribution < 1.29 is 19.1 Å². The van der Waals surface area contributed by atoms with Crippen LogP contribution in [0.3, 0.4) is 0 Å². The van der Waals surface area contributed by atoms with Gasteiger partial charge in [0.1, 0.15) is 5.75 Å². The van der Waals surface area contributed by atoms with Crippen LogP contribution in [-0.2, 0) is 20.9 Å². The molecule has 6 nitrogen and oxygen atoms in total. The molecule has 0 aliphatic carbocycles. The molecule has 0 saturated carbocycles. The quantitative estimate of drug-likeness (QED) is 0.684. The highest BCUT2D eigenvalue weighted by Gasteiger charge is 2.25. The molecule has 2 aromatic rings. The van der Waals surface area contributed by atoms with Crippen molar-refractivity contribution in [2.24, 2.45) is 11.8 Å². The first-order chi connectivity index (χ1) is 13.5. The van der Waals surface area contributed by atoms with Gasteiger partial charge in [0.2, 0.25) is 0 Å². The Morgan fingerprint density at radius 2 is 1.93 bits per heavy atom. The molecule has 0 bridgehead atoms. The predicted molar refractivity (Wildman–Crippen MR) is 108 cm³/mol. The summed E-state index contributed by atoms with van der Waals surface area (Å²) in [6, 6.07) is 8.02. The number of esters is 1. The molecule has 152 valence electrons. The second kappa shape index (κ2) is 9.13. The van der Waals surface area contributed by atoms with Gasteiger partial charge in [-0.1, -0.05) is 19.9 Å². The van der Waals surface area contributed by atoms with Gasteiger partial charge >= 0.3 is 5.97 Å². The number of amides is 1. The van der Waals surface area contributed by atoms with E-state index in [0.717, 1.165) is 36.0 Å². The standard InChI is InChI=1S/C22H30N2O4/c1-16(2)14-24-12-9-18-19(24)5-4-6-20(18)28-15-21(25)23-10-7-17(8-11-23)13-22(26)27-3/h4-6,9,12,16-17H,7-8,10-11,13-15H2,1-3H3. The summed E-state index contributed by atoms with van der Waals surface area (Å²) in [6.07, 6.45) is 4.17. The predicted octanol–water partition coefficient (Wildman–Crippen LogP) is 3.48. The van der Waals surface area contributed by atoms with Crippen LogP contribution in [-0.4, -0.2) is 48.1 Å². The lowest BCUT2D eigenvalue weighted by Gasteiger charge is -2.31. The number of piperidine rings is 1. The van der Waals surface area contributed by atoms with Gasteiger partial charge in [0.25, 0.3) is 5.91 Å². The van der Waals surface area contributed by atoms with Gasteiger partial charge in [0, 0.05) is 37.6 Å². The molecule has 0 atom stereocenters. The smallest absolute Gasteiger partial charge is 0.305 e. The molecule has 1 aromatic carbocycles. The zero-order valence-corrected chi connectivity index (χ0v) is 17.0. The van der Waals surface area contributed by atoms with Crippen LogP contribution in [0.15, 0.2) is 30.5 Å². The van der Waals surface area contributed by atoms with Gasteiger partial charge in [-0.05, 0) is 42.9 Å². The molecule has 2 heterocycles. The molecule has 0 radical (unpaired) electrons. The van der Waals surface area contributed by atoms with Crippen LogP contribution < -0.4 is 4.74 Å². The summed E-state index contributed by atoms with van der Waals surface area (Å²) < 4.78 is 12.8. The number of hydrogen-bond donors (Lipinski definition) is 0. The minimum atomic E-state index is -0.175. The largest absolute Gasteiger partial charge is 0.483 e. The van der Waals surface area contributed by atoms with Crippen LogP contribution in [0.1, 0.15) is 33.1 Å². The zero-order chi connectivity index (χ0) is 20.1. The van der Waals surface area contributed by atoms with E-state index >= 15 is 0 Å². The first-order valence-electron chi connectivity index (χ1n) is 10.0. The van der Waals surface area contributed by atoms with E-state index in [1.807, 2.05) is 17.0 Å². The third kappa shape index (κ3) is 4.86.